The first kappa shape index (κ1) is 56.4. The molecule has 3 saturated carbocycles. The molecule has 5 heterocycles. The topological polar surface area (TPSA) is 265 Å². The van der Waals surface area contributed by atoms with E-state index in [1.54, 1.807) is 18.2 Å². The number of nitrogens with one attached hydrogen (secondary N) is 1. The van der Waals surface area contributed by atoms with E-state index in [1.165, 1.54) is 25.5 Å². The number of sulfonamides is 1. The molecule has 5 saturated heterocycles. The molecule has 2 aromatic rings. The normalized spacial score (nSPS) is 48.9. The van der Waals surface area contributed by atoms with E-state index in [1.807, 2.05) is 31.1 Å². The molecule has 0 amide bonds. The zero-order valence-electron chi connectivity index (χ0n) is 45.7. The van der Waals surface area contributed by atoms with Crippen LogP contribution in [0, 0.1) is 46.3 Å². The average molecular weight is 1100 g/mol. The maximum absolute atomic E-state index is 14.5. The number of fused-ring (bicyclic) bond motifs is 8. The van der Waals surface area contributed by atoms with Gasteiger partial charge < -0.3 is 78.5 Å². The second kappa shape index (κ2) is 21.1. The zero-order valence-corrected chi connectivity index (χ0v) is 46.5. The van der Waals surface area contributed by atoms with Crippen LogP contribution in [0.2, 0.25) is 0 Å². The Morgan fingerprint density at radius 2 is 1.38 bits per heavy atom. The number of ether oxygens (including phenoxy) is 8. The van der Waals surface area contributed by atoms with Crippen LogP contribution in [-0.4, -0.2) is 182 Å². The second-order valence-electron chi connectivity index (χ2n) is 25.3. The van der Waals surface area contributed by atoms with Gasteiger partial charge in [-0.05, 0) is 118 Å². The number of benzene rings is 2. The van der Waals surface area contributed by atoms with E-state index < -0.39 is 121 Å². The lowest BCUT2D eigenvalue weighted by molar-refractivity contribution is -0.386. The van der Waals surface area contributed by atoms with Gasteiger partial charge in [-0.1, -0.05) is 63.6 Å². The molecule has 0 unspecified atom stereocenters. The summed E-state index contributed by atoms with van der Waals surface area (Å²) in [7, 11) is -0.602. The highest BCUT2D eigenvalue weighted by Crippen LogP contribution is 2.71. The zero-order chi connectivity index (χ0) is 54.8. The van der Waals surface area contributed by atoms with Crippen molar-refractivity contribution < 1.29 is 82.1 Å². The molecule has 0 radical (unpaired) electrons. The number of hydrogen-bond donors (Lipinski definition) is 8. The Morgan fingerprint density at radius 3 is 2.04 bits per heavy atom. The summed E-state index contributed by atoms with van der Waals surface area (Å²) in [5, 5.41) is 79.1. The number of aliphatic hydroxyl groups is 7. The molecule has 9 aliphatic rings. The standard InChI is InChI=1S/C57H84N2O17S/c1-27-17-22-57(69-26-27)28(2)42-39(76-57)24-37-35-16-15-31-23-32(18-20-55(31,5)36(35)19-21-56(37,42)6)72-54-51(75-53-48(65)46(63)44(61)30(4)71-53)49(66)50(74-52-47(64)45(62)43(60)29(3)70-52)40(73-54)25-58-77(67,68)41-14-10-11-33-34(41)12-9-13-38(33)59(7)8/h9-15,27-30,32,35-37,39-40,42-54,58,60-66H,16-26H2,1-8H3/t27-,28+,29-,30-,32+,35-,36+,37+,39+,40-,42+,43-,44-,45+,46+,47+,48+,49+,50-,51-,52-,53-,54-,55+,56+,57-/m1/s1. The van der Waals surface area contributed by atoms with Crippen LogP contribution in [-0.2, 0) is 47.9 Å². The lowest BCUT2D eigenvalue weighted by Crippen LogP contribution is -2.67. The number of nitrogens with zero attached hydrogens (tertiary/aromatic N) is 1. The van der Waals surface area contributed by atoms with Crippen molar-refractivity contribution in [3.05, 3.63) is 48.0 Å². The van der Waals surface area contributed by atoms with Gasteiger partial charge in [-0.15, -0.1) is 0 Å². The smallest absolute Gasteiger partial charge is 0.241 e. The van der Waals surface area contributed by atoms with Crippen molar-refractivity contribution in [2.24, 2.45) is 46.3 Å². The first-order valence-corrected chi connectivity index (χ1v) is 29.8. The van der Waals surface area contributed by atoms with Gasteiger partial charge in [0.2, 0.25) is 10.0 Å². The Kier molecular flexibility index (Phi) is 15.4. The van der Waals surface area contributed by atoms with Crippen LogP contribution in [0.5, 0.6) is 0 Å². The molecule has 8 fully saturated rings. The van der Waals surface area contributed by atoms with Crippen LogP contribution in [0.15, 0.2) is 52.9 Å². The average Bonchev–Trinajstić information content (AvgIpc) is 4.07. The highest BCUT2D eigenvalue weighted by Gasteiger charge is 2.69. The molecule has 8 N–H and O–H groups in total. The Bertz CT molecular complexity index is 2600. The third kappa shape index (κ3) is 9.65. The number of aliphatic hydroxyl groups excluding tert-OH is 7. The summed E-state index contributed by atoms with van der Waals surface area (Å²) < 4.78 is 83.4. The monoisotopic (exact) mass is 1100 g/mol. The van der Waals surface area contributed by atoms with Crippen LogP contribution < -0.4 is 9.62 Å². The van der Waals surface area contributed by atoms with Gasteiger partial charge in [0.05, 0.1) is 35.9 Å². The lowest BCUT2D eigenvalue weighted by Gasteiger charge is -2.59. The van der Waals surface area contributed by atoms with E-state index in [4.69, 9.17) is 37.9 Å². The van der Waals surface area contributed by atoms with Gasteiger partial charge in [0, 0.05) is 49.4 Å². The first-order chi connectivity index (χ1) is 36.5. The minimum absolute atomic E-state index is 0.0107. The SMILES string of the molecule is C[C@@H]1CC[C@@]2(OC1)O[C@H]1C[C@H]3[C@@H]4CC=C5C[C@@H](O[C@@H]6O[C@H](CNS(=O)(=O)c7cccc8c(N(C)C)cccc78)[C@@H](O[C@H]7O[C@H](C)[C@@H](O)[C@H](O)[C@@H]7O)[C@H](O)[C@H]6O[C@H]6O[C@H](C)[C@@H](O)[C@H](O)[C@@H]6O)CC[C@]5(C)[C@H]4CC[C@]3(C)[C@H]1[C@@H]2C. The van der Waals surface area contributed by atoms with Crippen LogP contribution in [0.3, 0.4) is 0 Å². The molecule has 4 aliphatic carbocycles. The Hall–Kier alpha value is -2.45. The Balaban J connectivity index is 0.872. The van der Waals surface area contributed by atoms with E-state index in [-0.39, 0.29) is 21.8 Å². The van der Waals surface area contributed by atoms with Crippen LogP contribution in [0.25, 0.3) is 10.8 Å². The lowest BCUT2D eigenvalue weighted by atomic mass is 9.47. The Morgan fingerprint density at radius 1 is 0.714 bits per heavy atom. The molecule has 1 spiro atoms. The van der Waals surface area contributed by atoms with E-state index in [2.05, 4.69) is 38.5 Å². The van der Waals surface area contributed by atoms with Gasteiger partial charge in [-0.2, -0.15) is 0 Å². The summed E-state index contributed by atoms with van der Waals surface area (Å²) in [5.41, 5.74) is 2.16. The minimum atomic E-state index is -4.34. The summed E-state index contributed by atoms with van der Waals surface area (Å²) in [4.78, 5) is 1.88. The third-order valence-electron chi connectivity index (χ3n) is 20.6. The molecule has 0 bridgehead atoms. The highest BCUT2D eigenvalue weighted by atomic mass is 32.2. The number of hydrogen-bond acceptors (Lipinski definition) is 18. The van der Waals surface area contributed by atoms with Crippen molar-refractivity contribution in [2.45, 2.75) is 214 Å². The number of rotatable bonds is 11. The van der Waals surface area contributed by atoms with Crippen molar-refractivity contribution >= 4 is 26.5 Å². The quantitative estimate of drug-likeness (QED) is 0.150. The van der Waals surface area contributed by atoms with Gasteiger partial charge in [0.25, 0.3) is 0 Å². The Labute approximate surface area is 452 Å². The predicted octanol–water partition coefficient (Wildman–Crippen LogP) is 3.45. The summed E-state index contributed by atoms with van der Waals surface area (Å²) in [6, 6.07) is 10.4. The van der Waals surface area contributed by atoms with Crippen molar-refractivity contribution in [2.75, 3.05) is 32.1 Å². The van der Waals surface area contributed by atoms with Crippen LogP contribution in [0.1, 0.15) is 99.3 Å². The highest BCUT2D eigenvalue weighted by molar-refractivity contribution is 7.89. The van der Waals surface area contributed by atoms with Gasteiger partial charge in [0.1, 0.15) is 61.0 Å². The summed E-state index contributed by atoms with van der Waals surface area (Å²) in [5.74, 6) is 2.33. The van der Waals surface area contributed by atoms with E-state index in [0.29, 0.717) is 59.1 Å². The van der Waals surface area contributed by atoms with Crippen molar-refractivity contribution in [3.63, 3.8) is 0 Å². The van der Waals surface area contributed by atoms with Gasteiger partial charge in [-0.25, -0.2) is 13.1 Å². The fraction of sp³-hybridized carbons (Fsp3) is 0.789. The molecule has 19 nitrogen and oxygen atoms in total. The summed E-state index contributed by atoms with van der Waals surface area (Å²) in [6.45, 7) is 12.8. The molecule has 26 atom stereocenters. The first-order valence-electron chi connectivity index (χ1n) is 28.4. The molecule has 2 aromatic carbocycles. The molecule has 77 heavy (non-hydrogen) atoms. The largest absolute Gasteiger partial charge is 0.388 e. The molecule has 20 heteroatoms. The molecular formula is C57H84N2O17S. The molecular weight excluding hydrogens is 1020 g/mol. The summed E-state index contributed by atoms with van der Waals surface area (Å²) in [6.07, 6.45) is -12.7. The third-order valence-corrected chi connectivity index (χ3v) is 22.1. The molecule has 5 aliphatic heterocycles. The minimum Gasteiger partial charge on any atom is -0.388 e. The van der Waals surface area contributed by atoms with Gasteiger partial charge >= 0.3 is 0 Å². The molecule has 430 valence electrons. The van der Waals surface area contributed by atoms with Crippen LogP contribution in [0.4, 0.5) is 5.69 Å². The van der Waals surface area contributed by atoms with Crippen molar-refractivity contribution in [3.8, 4) is 0 Å². The summed E-state index contributed by atoms with van der Waals surface area (Å²) >= 11 is 0. The van der Waals surface area contributed by atoms with E-state index >= 15 is 0 Å². The van der Waals surface area contributed by atoms with Crippen molar-refractivity contribution in [1.82, 2.24) is 4.72 Å². The van der Waals surface area contributed by atoms with E-state index in [0.717, 1.165) is 57.2 Å². The predicted molar refractivity (Wildman–Crippen MR) is 279 cm³/mol. The maximum atomic E-state index is 14.5. The number of anilines is 1. The molecule has 0 aromatic heterocycles. The second-order valence-corrected chi connectivity index (χ2v) is 27.0. The fourth-order valence-corrected chi connectivity index (χ4v) is 17.4. The van der Waals surface area contributed by atoms with Gasteiger partial charge in [0.15, 0.2) is 24.7 Å². The van der Waals surface area contributed by atoms with Gasteiger partial charge in [-0.3, -0.25) is 0 Å². The number of allylic oxidation sites excluding steroid dienone is 1. The fourth-order valence-electron chi connectivity index (χ4n) is 16.2. The van der Waals surface area contributed by atoms with Crippen LogP contribution >= 0.6 is 0 Å². The van der Waals surface area contributed by atoms with E-state index in [9.17, 15) is 44.2 Å². The molecule has 11 rings (SSSR count). The van der Waals surface area contributed by atoms with Crippen molar-refractivity contribution in [1.29, 1.82) is 0 Å². The maximum Gasteiger partial charge on any atom is 0.241 e.